The molecule has 0 aromatic heterocycles. The second-order valence-corrected chi connectivity index (χ2v) is 5.19. The number of amides is 2. The van der Waals surface area contributed by atoms with Gasteiger partial charge in [-0.2, -0.15) is 0 Å². The molecule has 116 valence electrons. The highest BCUT2D eigenvalue weighted by Gasteiger charge is 2.13. The van der Waals surface area contributed by atoms with Crippen LogP contribution in [0.25, 0.3) is 0 Å². The van der Waals surface area contributed by atoms with Crippen molar-refractivity contribution in [2.24, 2.45) is 0 Å². The number of urea groups is 1. The maximum absolute atomic E-state index is 12.0. The van der Waals surface area contributed by atoms with Crippen LogP contribution < -0.4 is 15.5 Å². The maximum Gasteiger partial charge on any atom is 0.319 e. The van der Waals surface area contributed by atoms with Crippen LogP contribution in [0, 0.1) is 0 Å². The number of nitrogens with zero attached hydrogens (tertiary/aromatic N) is 1. The van der Waals surface area contributed by atoms with Gasteiger partial charge in [-0.25, -0.2) is 4.79 Å². The first kappa shape index (κ1) is 15.9. The molecule has 2 aromatic carbocycles. The van der Waals surface area contributed by atoms with E-state index in [1.807, 2.05) is 73.6 Å². The number of hydrogen-bond acceptors (Lipinski definition) is 3. The summed E-state index contributed by atoms with van der Waals surface area (Å²) in [7, 11) is 3.92. The van der Waals surface area contributed by atoms with Crippen molar-refractivity contribution < 1.29 is 9.90 Å². The Labute approximate surface area is 130 Å². The van der Waals surface area contributed by atoms with Gasteiger partial charge in [-0.15, -0.1) is 0 Å². The van der Waals surface area contributed by atoms with E-state index in [0.717, 1.165) is 11.3 Å². The highest BCUT2D eigenvalue weighted by atomic mass is 16.3. The third-order valence-electron chi connectivity index (χ3n) is 3.33. The molecule has 0 saturated heterocycles. The van der Waals surface area contributed by atoms with E-state index in [4.69, 9.17) is 0 Å². The van der Waals surface area contributed by atoms with Crippen LogP contribution in [0.3, 0.4) is 0 Å². The molecule has 5 nitrogen and oxygen atoms in total. The van der Waals surface area contributed by atoms with Gasteiger partial charge in [0.05, 0.1) is 12.6 Å². The highest BCUT2D eigenvalue weighted by Crippen LogP contribution is 2.16. The molecule has 3 N–H and O–H groups in total. The Morgan fingerprint density at radius 3 is 2.27 bits per heavy atom. The summed E-state index contributed by atoms with van der Waals surface area (Å²) >= 11 is 0. The van der Waals surface area contributed by atoms with Crippen LogP contribution in [0.15, 0.2) is 54.6 Å². The van der Waals surface area contributed by atoms with Crippen molar-refractivity contribution in [3.63, 3.8) is 0 Å². The molecular weight excluding hydrogens is 278 g/mol. The summed E-state index contributed by atoms with van der Waals surface area (Å²) < 4.78 is 0. The first-order valence-corrected chi connectivity index (χ1v) is 7.11. The Morgan fingerprint density at radius 2 is 1.73 bits per heavy atom. The Hall–Kier alpha value is -2.53. The highest BCUT2D eigenvalue weighted by molar-refractivity contribution is 5.89. The predicted molar refractivity (Wildman–Crippen MR) is 89.2 cm³/mol. The molecule has 0 bridgehead atoms. The standard InChI is InChI=1S/C17H21N3O2/c1-20(2)15-10-8-14(9-11-15)18-17(22)19-16(12-21)13-6-4-3-5-7-13/h3-11,16,21H,12H2,1-2H3,(H2,18,19,22)/t16-/m1/s1. The number of rotatable bonds is 5. The van der Waals surface area contributed by atoms with E-state index < -0.39 is 6.04 Å². The lowest BCUT2D eigenvalue weighted by atomic mass is 10.1. The number of carbonyl (C=O) groups excluding carboxylic acids is 1. The average molecular weight is 299 g/mol. The molecule has 2 amide bonds. The summed E-state index contributed by atoms with van der Waals surface area (Å²) in [4.78, 5) is 14.0. The van der Waals surface area contributed by atoms with Crippen molar-refractivity contribution in [2.45, 2.75) is 6.04 Å². The Kier molecular flexibility index (Phi) is 5.38. The molecule has 0 saturated carbocycles. The molecule has 0 heterocycles. The van der Waals surface area contributed by atoms with Gasteiger partial charge in [0.25, 0.3) is 0 Å². The molecule has 0 spiro atoms. The fraction of sp³-hybridized carbons (Fsp3) is 0.235. The minimum atomic E-state index is -0.428. The zero-order valence-corrected chi connectivity index (χ0v) is 12.8. The van der Waals surface area contributed by atoms with Crippen LogP contribution >= 0.6 is 0 Å². The van der Waals surface area contributed by atoms with Gasteiger partial charge < -0.3 is 20.6 Å². The lowest BCUT2D eigenvalue weighted by Crippen LogP contribution is -2.34. The van der Waals surface area contributed by atoms with Crippen LogP contribution in [0.1, 0.15) is 11.6 Å². The summed E-state index contributed by atoms with van der Waals surface area (Å²) in [6, 6.07) is 16.1. The van der Waals surface area contributed by atoms with Gasteiger partial charge >= 0.3 is 6.03 Å². The number of carbonyl (C=O) groups is 1. The fourth-order valence-corrected chi connectivity index (χ4v) is 2.09. The lowest BCUT2D eigenvalue weighted by molar-refractivity contribution is 0.225. The number of nitrogens with one attached hydrogen (secondary N) is 2. The lowest BCUT2D eigenvalue weighted by Gasteiger charge is -2.17. The van der Waals surface area contributed by atoms with E-state index in [1.54, 1.807) is 0 Å². The first-order chi connectivity index (χ1) is 10.6. The van der Waals surface area contributed by atoms with Crippen molar-refractivity contribution in [1.82, 2.24) is 5.32 Å². The summed E-state index contributed by atoms with van der Waals surface area (Å²) in [5.41, 5.74) is 2.62. The predicted octanol–water partition coefficient (Wildman–Crippen LogP) is 2.61. The van der Waals surface area contributed by atoms with Crippen molar-refractivity contribution in [1.29, 1.82) is 0 Å². The second-order valence-electron chi connectivity index (χ2n) is 5.19. The zero-order valence-electron chi connectivity index (χ0n) is 12.8. The molecule has 0 fully saturated rings. The van der Waals surface area contributed by atoms with Crippen molar-refractivity contribution in [3.8, 4) is 0 Å². The monoisotopic (exact) mass is 299 g/mol. The fourth-order valence-electron chi connectivity index (χ4n) is 2.09. The van der Waals surface area contributed by atoms with E-state index >= 15 is 0 Å². The quantitative estimate of drug-likeness (QED) is 0.795. The van der Waals surface area contributed by atoms with Gasteiger partial charge in [0.15, 0.2) is 0 Å². The number of benzene rings is 2. The maximum atomic E-state index is 12.0. The molecule has 2 rings (SSSR count). The van der Waals surface area contributed by atoms with Crippen molar-refractivity contribution in [3.05, 3.63) is 60.2 Å². The van der Waals surface area contributed by atoms with Gasteiger partial charge in [-0.3, -0.25) is 0 Å². The molecule has 0 aliphatic rings. The van der Waals surface area contributed by atoms with Gasteiger partial charge in [0.2, 0.25) is 0 Å². The molecule has 0 aliphatic carbocycles. The molecule has 2 aromatic rings. The molecule has 5 heteroatoms. The third kappa shape index (κ3) is 4.23. The van der Waals surface area contributed by atoms with Crippen LogP contribution in [-0.2, 0) is 0 Å². The Morgan fingerprint density at radius 1 is 1.09 bits per heavy atom. The molecule has 22 heavy (non-hydrogen) atoms. The number of hydrogen-bond donors (Lipinski definition) is 3. The Bertz CT molecular complexity index is 597. The number of aliphatic hydroxyl groups is 1. The van der Waals surface area contributed by atoms with Crippen LogP contribution in [0.5, 0.6) is 0 Å². The van der Waals surface area contributed by atoms with E-state index in [2.05, 4.69) is 10.6 Å². The smallest absolute Gasteiger partial charge is 0.319 e. The number of anilines is 2. The van der Waals surface area contributed by atoms with E-state index in [-0.39, 0.29) is 12.6 Å². The largest absolute Gasteiger partial charge is 0.394 e. The van der Waals surface area contributed by atoms with Gasteiger partial charge in [-0.1, -0.05) is 30.3 Å². The topological polar surface area (TPSA) is 64.6 Å². The minimum absolute atomic E-state index is 0.156. The average Bonchev–Trinajstić information content (AvgIpc) is 2.54. The van der Waals surface area contributed by atoms with Gasteiger partial charge in [-0.05, 0) is 29.8 Å². The normalized spacial score (nSPS) is 11.6. The van der Waals surface area contributed by atoms with E-state index in [1.165, 1.54) is 0 Å². The van der Waals surface area contributed by atoms with Gasteiger partial charge in [0.1, 0.15) is 0 Å². The summed E-state index contributed by atoms with van der Waals surface area (Å²) in [6.07, 6.45) is 0. The molecule has 0 unspecified atom stereocenters. The second kappa shape index (κ2) is 7.47. The summed E-state index contributed by atoms with van der Waals surface area (Å²) in [5, 5.41) is 15.0. The van der Waals surface area contributed by atoms with Crippen LogP contribution in [0.2, 0.25) is 0 Å². The van der Waals surface area contributed by atoms with Gasteiger partial charge in [0, 0.05) is 25.5 Å². The van der Waals surface area contributed by atoms with E-state index in [0.29, 0.717) is 5.69 Å². The minimum Gasteiger partial charge on any atom is -0.394 e. The third-order valence-corrected chi connectivity index (χ3v) is 3.33. The van der Waals surface area contributed by atoms with Crippen LogP contribution in [-0.4, -0.2) is 31.8 Å². The first-order valence-electron chi connectivity index (χ1n) is 7.11. The number of aliphatic hydroxyl groups excluding tert-OH is 1. The van der Waals surface area contributed by atoms with Crippen molar-refractivity contribution in [2.75, 3.05) is 30.9 Å². The molecule has 0 aliphatic heterocycles. The SMILES string of the molecule is CN(C)c1ccc(NC(=O)N[C@H](CO)c2ccccc2)cc1. The molecule has 1 atom stereocenters. The van der Waals surface area contributed by atoms with E-state index in [9.17, 15) is 9.90 Å². The molecular formula is C17H21N3O2. The Balaban J connectivity index is 1.97. The van der Waals surface area contributed by atoms with Crippen LogP contribution in [0.4, 0.5) is 16.2 Å². The van der Waals surface area contributed by atoms with Crippen molar-refractivity contribution >= 4 is 17.4 Å². The summed E-state index contributed by atoms with van der Waals surface area (Å²) in [6.45, 7) is -0.156. The molecule has 0 radical (unpaired) electrons. The zero-order chi connectivity index (χ0) is 15.9. The summed E-state index contributed by atoms with van der Waals surface area (Å²) in [5.74, 6) is 0.